The maximum atomic E-state index is 4.97. The molecule has 0 aromatic rings. The van der Waals surface area contributed by atoms with Crippen molar-refractivity contribution >= 4 is 0 Å². The Bertz CT molecular complexity index is 147. The van der Waals surface area contributed by atoms with Crippen molar-refractivity contribution in [3.8, 4) is 0 Å². The summed E-state index contributed by atoms with van der Waals surface area (Å²) in [6.45, 7) is 5.09. The zero-order valence-electron chi connectivity index (χ0n) is 10.8. The standard InChI is InChI=1S/C13H28N2O/c1-16-12-11-15-10-9-14-8-7-13-5-3-2-4-6-13/h13-15H,2-12H2,1H3. The van der Waals surface area contributed by atoms with Gasteiger partial charge in [-0.05, 0) is 18.9 Å². The molecule has 0 amide bonds. The van der Waals surface area contributed by atoms with E-state index in [9.17, 15) is 0 Å². The molecule has 1 saturated carbocycles. The minimum atomic E-state index is 0.808. The molecule has 1 aliphatic carbocycles. The Balaban J connectivity index is 1.77. The zero-order valence-corrected chi connectivity index (χ0v) is 10.8. The van der Waals surface area contributed by atoms with Gasteiger partial charge in [0.1, 0.15) is 0 Å². The Morgan fingerprint density at radius 2 is 1.62 bits per heavy atom. The van der Waals surface area contributed by atoms with Crippen LogP contribution in [0.4, 0.5) is 0 Å². The molecule has 1 rings (SSSR count). The van der Waals surface area contributed by atoms with Crippen LogP contribution in [0.1, 0.15) is 38.5 Å². The third-order valence-electron chi connectivity index (χ3n) is 3.42. The summed E-state index contributed by atoms with van der Waals surface area (Å²) in [6, 6.07) is 0. The average Bonchev–Trinajstić information content (AvgIpc) is 2.34. The van der Waals surface area contributed by atoms with Crippen molar-refractivity contribution in [2.75, 3.05) is 39.9 Å². The van der Waals surface area contributed by atoms with E-state index in [2.05, 4.69) is 10.6 Å². The average molecular weight is 228 g/mol. The van der Waals surface area contributed by atoms with E-state index in [0.717, 1.165) is 32.2 Å². The molecule has 96 valence electrons. The SMILES string of the molecule is COCCNCCNCCC1CCCCC1. The molecular formula is C13H28N2O. The van der Waals surface area contributed by atoms with Gasteiger partial charge in [0.05, 0.1) is 6.61 Å². The fourth-order valence-electron chi connectivity index (χ4n) is 2.38. The summed E-state index contributed by atoms with van der Waals surface area (Å²) < 4.78 is 4.97. The summed E-state index contributed by atoms with van der Waals surface area (Å²) in [5.74, 6) is 1.00. The first kappa shape index (κ1) is 13.9. The second kappa shape index (κ2) is 10.1. The van der Waals surface area contributed by atoms with Crippen molar-refractivity contribution in [2.45, 2.75) is 38.5 Å². The van der Waals surface area contributed by atoms with Crippen LogP contribution in [0.25, 0.3) is 0 Å². The van der Waals surface area contributed by atoms with Crippen LogP contribution in [0.3, 0.4) is 0 Å². The van der Waals surface area contributed by atoms with E-state index in [1.165, 1.54) is 45.1 Å². The number of nitrogens with one attached hydrogen (secondary N) is 2. The lowest BCUT2D eigenvalue weighted by Gasteiger charge is -2.21. The molecule has 3 heteroatoms. The highest BCUT2D eigenvalue weighted by Crippen LogP contribution is 2.25. The summed E-state index contributed by atoms with van der Waals surface area (Å²) in [7, 11) is 1.74. The summed E-state index contributed by atoms with van der Waals surface area (Å²) in [6.07, 6.45) is 8.69. The van der Waals surface area contributed by atoms with Crippen molar-refractivity contribution < 1.29 is 4.74 Å². The lowest BCUT2D eigenvalue weighted by atomic mass is 9.87. The number of rotatable bonds is 9. The minimum Gasteiger partial charge on any atom is -0.383 e. The van der Waals surface area contributed by atoms with E-state index in [0.29, 0.717) is 0 Å². The van der Waals surface area contributed by atoms with Gasteiger partial charge in [-0.3, -0.25) is 0 Å². The van der Waals surface area contributed by atoms with Gasteiger partial charge in [-0.15, -0.1) is 0 Å². The molecule has 3 nitrogen and oxygen atoms in total. The Morgan fingerprint density at radius 1 is 0.938 bits per heavy atom. The lowest BCUT2D eigenvalue weighted by Crippen LogP contribution is -2.30. The second-order valence-corrected chi connectivity index (χ2v) is 4.79. The first-order chi connectivity index (χ1) is 7.93. The largest absolute Gasteiger partial charge is 0.383 e. The van der Waals surface area contributed by atoms with Crippen molar-refractivity contribution in [2.24, 2.45) is 5.92 Å². The third kappa shape index (κ3) is 7.20. The van der Waals surface area contributed by atoms with Crippen LogP contribution in [0.2, 0.25) is 0 Å². The van der Waals surface area contributed by atoms with Gasteiger partial charge in [-0.1, -0.05) is 32.1 Å². The fourth-order valence-corrected chi connectivity index (χ4v) is 2.38. The molecule has 1 aliphatic rings. The molecule has 1 fully saturated rings. The normalized spacial score (nSPS) is 17.8. The van der Waals surface area contributed by atoms with Gasteiger partial charge >= 0.3 is 0 Å². The summed E-state index contributed by atoms with van der Waals surface area (Å²) in [5, 5.41) is 6.84. The first-order valence-electron chi connectivity index (χ1n) is 6.84. The van der Waals surface area contributed by atoms with E-state index < -0.39 is 0 Å². The van der Waals surface area contributed by atoms with Gasteiger partial charge in [-0.2, -0.15) is 0 Å². The van der Waals surface area contributed by atoms with E-state index in [-0.39, 0.29) is 0 Å². The molecule has 0 heterocycles. The van der Waals surface area contributed by atoms with Gasteiger partial charge < -0.3 is 15.4 Å². The predicted molar refractivity (Wildman–Crippen MR) is 68.8 cm³/mol. The minimum absolute atomic E-state index is 0.808. The molecular weight excluding hydrogens is 200 g/mol. The summed E-state index contributed by atoms with van der Waals surface area (Å²) in [4.78, 5) is 0. The number of hydrogen-bond acceptors (Lipinski definition) is 3. The van der Waals surface area contributed by atoms with Gasteiger partial charge in [0.2, 0.25) is 0 Å². The smallest absolute Gasteiger partial charge is 0.0587 e. The molecule has 0 atom stereocenters. The van der Waals surface area contributed by atoms with Crippen molar-refractivity contribution in [1.82, 2.24) is 10.6 Å². The van der Waals surface area contributed by atoms with Gasteiger partial charge in [0, 0.05) is 26.7 Å². The molecule has 0 unspecified atom stereocenters. The molecule has 16 heavy (non-hydrogen) atoms. The number of ether oxygens (including phenoxy) is 1. The first-order valence-corrected chi connectivity index (χ1v) is 6.84. The van der Waals surface area contributed by atoms with Crippen molar-refractivity contribution in [3.63, 3.8) is 0 Å². The van der Waals surface area contributed by atoms with E-state index >= 15 is 0 Å². The molecule has 0 spiro atoms. The topological polar surface area (TPSA) is 33.3 Å². The van der Waals surface area contributed by atoms with Crippen LogP contribution in [0, 0.1) is 5.92 Å². The summed E-state index contributed by atoms with van der Waals surface area (Å²) in [5.41, 5.74) is 0. The molecule has 0 radical (unpaired) electrons. The van der Waals surface area contributed by atoms with Crippen LogP contribution < -0.4 is 10.6 Å². The van der Waals surface area contributed by atoms with Crippen molar-refractivity contribution in [3.05, 3.63) is 0 Å². The Labute approximate surface area is 100 Å². The Hall–Kier alpha value is -0.120. The molecule has 0 aliphatic heterocycles. The molecule has 0 aromatic carbocycles. The monoisotopic (exact) mass is 228 g/mol. The van der Waals surface area contributed by atoms with Crippen LogP contribution in [-0.4, -0.2) is 39.9 Å². The molecule has 0 saturated heterocycles. The van der Waals surface area contributed by atoms with Gasteiger partial charge in [-0.25, -0.2) is 0 Å². The maximum Gasteiger partial charge on any atom is 0.0587 e. The van der Waals surface area contributed by atoms with E-state index in [1.54, 1.807) is 7.11 Å². The third-order valence-corrected chi connectivity index (χ3v) is 3.42. The van der Waals surface area contributed by atoms with Crippen molar-refractivity contribution in [1.29, 1.82) is 0 Å². The molecule has 0 aromatic heterocycles. The number of methoxy groups -OCH3 is 1. The van der Waals surface area contributed by atoms with E-state index in [1.807, 2.05) is 0 Å². The van der Waals surface area contributed by atoms with Gasteiger partial charge in [0.15, 0.2) is 0 Å². The highest BCUT2D eigenvalue weighted by Gasteiger charge is 2.12. The number of hydrogen-bond donors (Lipinski definition) is 2. The van der Waals surface area contributed by atoms with Crippen LogP contribution in [-0.2, 0) is 4.74 Å². The Kier molecular flexibility index (Phi) is 8.77. The Morgan fingerprint density at radius 3 is 2.31 bits per heavy atom. The summed E-state index contributed by atoms with van der Waals surface area (Å²) >= 11 is 0. The molecule has 0 bridgehead atoms. The van der Waals surface area contributed by atoms with Crippen LogP contribution in [0.5, 0.6) is 0 Å². The highest BCUT2D eigenvalue weighted by atomic mass is 16.5. The van der Waals surface area contributed by atoms with Gasteiger partial charge in [0.25, 0.3) is 0 Å². The second-order valence-electron chi connectivity index (χ2n) is 4.79. The van der Waals surface area contributed by atoms with Crippen LogP contribution in [0.15, 0.2) is 0 Å². The lowest BCUT2D eigenvalue weighted by molar-refractivity contribution is 0.199. The maximum absolute atomic E-state index is 4.97. The highest BCUT2D eigenvalue weighted by molar-refractivity contribution is 4.66. The van der Waals surface area contributed by atoms with E-state index in [4.69, 9.17) is 4.74 Å². The molecule has 2 N–H and O–H groups in total. The fraction of sp³-hybridized carbons (Fsp3) is 1.00. The zero-order chi connectivity index (χ0) is 11.5. The predicted octanol–water partition coefficient (Wildman–Crippen LogP) is 1.78. The quantitative estimate of drug-likeness (QED) is 0.590. The van der Waals surface area contributed by atoms with Crippen LogP contribution >= 0.6 is 0 Å².